The van der Waals surface area contributed by atoms with Gasteiger partial charge in [-0.05, 0) is 48.4 Å². The number of aromatic hydroxyl groups is 2. The minimum atomic E-state index is -0.611. The molecule has 0 unspecified atom stereocenters. The standard InChI is InChI=1S/C45H48N4O6/c1-49(27-29-51)26-24-48-36-20-19-35(47-23-22-46-25-28-50)38-39(36)44(55)41-40(43(38)54)37(52)30-31(42(41)53)12-11-21-45(32-13-5-2-6-14-32,33-15-7-3-8-16-33)34-17-9-4-10-18-34/h2-20,30,46-48,50-53H,21-29H2,1H3/b12-11+. The molecular formula is C45H48N4O6. The number of phenolic OH excluding ortho intramolecular Hbond substituents is 2. The Morgan fingerprint density at radius 3 is 1.67 bits per heavy atom. The van der Waals surface area contributed by atoms with E-state index in [2.05, 4.69) is 52.3 Å². The first-order chi connectivity index (χ1) is 26.8. The molecule has 0 heterocycles. The number of likely N-dealkylation sites (N-methyl/N-ethyl adjacent to an activating group) is 1. The van der Waals surface area contributed by atoms with Crippen LogP contribution in [-0.2, 0) is 5.41 Å². The molecule has 1 aliphatic rings. The Kier molecular flexibility index (Phi) is 12.8. The van der Waals surface area contributed by atoms with E-state index in [-0.39, 0.29) is 41.0 Å². The maximum absolute atomic E-state index is 14.6. The third-order valence-electron chi connectivity index (χ3n) is 10.1. The Labute approximate surface area is 321 Å². The van der Waals surface area contributed by atoms with E-state index in [0.717, 1.165) is 16.7 Å². The Balaban J connectivity index is 1.40. The highest BCUT2D eigenvalue weighted by molar-refractivity contribution is 6.33. The molecule has 0 amide bonds. The van der Waals surface area contributed by atoms with Crippen LogP contribution in [0.15, 0.2) is 115 Å². The molecule has 0 bridgehead atoms. The fraction of sp³-hybridized carbons (Fsp3) is 0.244. The first kappa shape index (κ1) is 38.9. The van der Waals surface area contributed by atoms with Gasteiger partial charge < -0.3 is 41.3 Å². The van der Waals surface area contributed by atoms with E-state index in [1.807, 2.05) is 72.6 Å². The van der Waals surface area contributed by atoms with Crippen LogP contribution >= 0.6 is 0 Å². The largest absolute Gasteiger partial charge is 0.507 e. The van der Waals surface area contributed by atoms with Crippen molar-refractivity contribution in [3.05, 3.63) is 160 Å². The lowest BCUT2D eigenvalue weighted by Gasteiger charge is -2.35. The van der Waals surface area contributed by atoms with E-state index < -0.39 is 28.5 Å². The van der Waals surface area contributed by atoms with Crippen molar-refractivity contribution in [3.8, 4) is 11.5 Å². The van der Waals surface area contributed by atoms with Crippen molar-refractivity contribution in [3.63, 3.8) is 0 Å². The van der Waals surface area contributed by atoms with Crippen LogP contribution in [0, 0.1) is 0 Å². The molecule has 55 heavy (non-hydrogen) atoms. The summed E-state index contributed by atoms with van der Waals surface area (Å²) in [6.07, 6.45) is 4.10. The molecule has 10 heteroatoms. The zero-order valence-corrected chi connectivity index (χ0v) is 31.0. The quantitative estimate of drug-likeness (QED) is 0.0335. The van der Waals surface area contributed by atoms with Crippen LogP contribution in [0.2, 0.25) is 0 Å². The lowest BCUT2D eigenvalue weighted by Crippen LogP contribution is -2.30. The minimum Gasteiger partial charge on any atom is -0.507 e. The number of anilines is 2. The number of nitrogens with one attached hydrogen (secondary N) is 3. The maximum Gasteiger partial charge on any atom is 0.200 e. The van der Waals surface area contributed by atoms with Gasteiger partial charge in [-0.15, -0.1) is 0 Å². The van der Waals surface area contributed by atoms with Crippen LogP contribution in [-0.4, -0.2) is 96.4 Å². The molecule has 0 radical (unpaired) electrons. The summed E-state index contributed by atoms with van der Waals surface area (Å²) in [6.45, 7) is 2.75. The van der Waals surface area contributed by atoms with Crippen LogP contribution in [0.4, 0.5) is 11.4 Å². The number of allylic oxidation sites excluding steroid dienone is 1. The van der Waals surface area contributed by atoms with Crippen LogP contribution in [0.3, 0.4) is 0 Å². The van der Waals surface area contributed by atoms with Gasteiger partial charge in [0.15, 0.2) is 0 Å². The van der Waals surface area contributed by atoms with Gasteiger partial charge in [0.1, 0.15) is 11.5 Å². The Bertz CT molecular complexity index is 2030. The molecule has 284 valence electrons. The summed E-state index contributed by atoms with van der Waals surface area (Å²) in [5.74, 6) is -1.97. The van der Waals surface area contributed by atoms with Gasteiger partial charge in [0.25, 0.3) is 0 Å². The molecule has 0 aliphatic heterocycles. The van der Waals surface area contributed by atoms with Crippen molar-refractivity contribution in [1.82, 2.24) is 10.2 Å². The number of rotatable bonds is 18. The van der Waals surface area contributed by atoms with E-state index in [1.165, 1.54) is 6.07 Å². The van der Waals surface area contributed by atoms with Crippen LogP contribution in [0.1, 0.15) is 60.5 Å². The number of aliphatic hydroxyl groups excluding tert-OH is 2. The molecular weight excluding hydrogens is 693 g/mol. The molecule has 6 rings (SSSR count). The molecule has 10 nitrogen and oxygen atoms in total. The summed E-state index contributed by atoms with van der Waals surface area (Å²) in [5.41, 5.74) is 3.34. The molecule has 0 spiro atoms. The van der Waals surface area contributed by atoms with Crippen LogP contribution < -0.4 is 16.0 Å². The van der Waals surface area contributed by atoms with E-state index in [4.69, 9.17) is 5.11 Å². The monoisotopic (exact) mass is 740 g/mol. The Morgan fingerprint density at radius 1 is 0.618 bits per heavy atom. The number of phenols is 2. The van der Waals surface area contributed by atoms with Gasteiger partial charge in [0, 0.05) is 61.6 Å². The maximum atomic E-state index is 14.6. The summed E-state index contributed by atoms with van der Waals surface area (Å²) in [5, 5.41) is 51.3. The summed E-state index contributed by atoms with van der Waals surface area (Å²) >= 11 is 0. The predicted molar refractivity (Wildman–Crippen MR) is 217 cm³/mol. The summed E-state index contributed by atoms with van der Waals surface area (Å²) in [6, 6.07) is 35.4. The minimum absolute atomic E-state index is 0.00843. The normalized spacial score (nSPS) is 12.6. The number of carbonyl (C=O) groups excluding carboxylic acids is 2. The number of hydrogen-bond acceptors (Lipinski definition) is 10. The van der Waals surface area contributed by atoms with Gasteiger partial charge in [-0.25, -0.2) is 0 Å². The molecule has 0 fully saturated rings. The number of fused-ring (bicyclic) bond motifs is 2. The second-order valence-corrected chi connectivity index (χ2v) is 13.6. The molecule has 0 saturated heterocycles. The van der Waals surface area contributed by atoms with Crippen LogP contribution in [0.25, 0.3) is 6.08 Å². The van der Waals surface area contributed by atoms with Crippen molar-refractivity contribution in [2.45, 2.75) is 11.8 Å². The summed E-state index contributed by atoms with van der Waals surface area (Å²) in [7, 11) is 1.87. The molecule has 5 aromatic carbocycles. The number of benzene rings is 5. The van der Waals surface area contributed by atoms with Gasteiger partial charge in [0.05, 0.1) is 35.5 Å². The lowest BCUT2D eigenvalue weighted by molar-refractivity contribution is 0.0975. The van der Waals surface area contributed by atoms with Crippen molar-refractivity contribution in [2.75, 3.05) is 70.2 Å². The van der Waals surface area contributed by atoms with E-state index in [1.54, 1.807) is 18.2 Å². The third kappa shape index (κ3) is 8.18. The van der Waals surface area contributed by atoms with E-state index in [0.29, 0.717) is 57.1 Å². The van der Waals surface area contributed by atoms with E-state index >= 15 is 0 Å². The molecule has 1 aliphatic carbocycles. The zero-order chi connectivity index (χ0) is 38.8. The second kappa shape index (κ2) is 18.0. The lowest BCUT2D eigenvalue weighted by atomic mass is 9.67. The summed E-state index contributed by atoms with van der Waals surface area (Å²) < 4.78 is 0. The molecule has 7 N–H and O–H groups in total. The van der Waals surface area contributed by atoms with Crippen molar-refractivity contribution >= 4 is 29.0 Å². The molecule has 0 saturated carbocycles. The van der Waals surface area contributed by atoms with Crippen molar-refractivity contribution < 1.29 is 30.0 Å². The number of hydrogen-bond donors (Lipinski definition) is 7. The third-order valence-corrected chi connectivity index (χ3v) is 10.1. The number of carbonyl (C=O) groups is 2. The van der Waals surface area contributed by atoms with Gasteiger partial charge in [-0.1, -0.05) is 103 Å². The van der Waals surface area contributed by atoms with Crippen molar-refractivity contribution in [1.29, 1.82) is 0 Å². The number of nitrogens with zero attached hydrogens (tertiary/aromatic N) is 1. The first-order valence-electron chi connectivity index (χ1n) is 18.6. The van der Waals surface area contributed by atoms with Crippen molar-refractivity contribution in [2.24, 2.45) is 0 Å². The molecule has 0 aromatic heterocycles. The molecule has 5 aromatic rings. The first-order valence-corrected chi connectivity index (χ1v) is 18.6. The van der Waals surface area contributed by atoms with Gasteiger partial charge in [-0.2, -0.15) is 0 Å². The SMILES string of the molecule is CN(CCO)CCNc1ccc(NCCNCCO)c2c1C(=O)c1c(O)c(/C=C/CC(c3ccccc3)(c3ccccc3)c3ccccc3)cc(O)c1C2=O. The van der Waals surface area contributed by atoms with E-state index in [9.17, 15) is 24.9 Å². The Hall–Kier alpha value is -5.78. The fourth-order valence-corrected chi connectivity index (χ4v) is 7.41. The zero-order valence-electron chi connectivity index (χ0n) is 31.0. The predicted octanol–water partition coefficient (Wildman–Crippen LogP) is 5.64. The number of aliphatic hydroxyl groups is 2. The van der Waals surface area contributed by atoms with Gasteiger partial charge in [-0.3, -0.25) is 9.59 Å². The van der Waals surface area contributed by atoms with Gasteiger partial charge in [0.2, 0.25) is 11.6 Å². The average molecular weight is 741 g/mol. The molecule has 0 atom stereocenters. The highest BCUT2D eigenvalue weighted by Crippen LogP contribution is 2.46. The van der Waals surface area contributed by atoms with Crippen LogP contribution in [0.5, 0.6) is 11.5 Å². The summed E-state index contributed by atoms with van der Waals surface area (Å²) in [4.78, 5) is 30.8. The van der Waals surface area contributed by atoms with Gasteiger partial charge >= 0.3 is 0 Å². The smallest absolute Gasteiger partial charge is 0.200 e. The highest BCUT2D eigenvalue weighted by atomic mass is 16.3. The highest BCUT2D eigenvalue weighted by Gasteiger charge is 2.39. The average Bonchev–Trinajstić information content (AvgIpc) is 3.21. The number of ketones is 2. The second-order valence-electron chi connectivity index (χ2n) is 13.6. The topological polar surface area (TPSA) is 154 Å². The Morgan fingerprint density at radius 2 is 1.15 bits per heavy atom. The fourth-order valence-electron chi connectivity index (χ4n) is 7.41.